The molecule has 3 heterocycles. The fourth-order valence-electron chi connectivity index (χ4n) is 4.33. The van der Waals surface area contributed by atoms with E-state index in [1.54, 1.807) is 48.5 Å². The molecule has 2 aromatic rings. The highest BCUT2D eigenvalue weighted by Crippen LogP contribution is 2.28. The lowest BCUT2D eigenvalue weighted by atomic mass is 9.95. The van der Waals surface area contributed by atoms with Gasteiger partial charge in [-0.05, 0) is 43.2 Å². The molecule has 2 aliphatic rings. The molecular formula is C24H31N5O6. The molecule has 0 aliphatic carbocycles. The number of hydrogen-bond donors (Lipinski definition) is 3. The average molecular weight is 486 g/mol. The monoisotopic (exact) mass is 485 g/mol. The summed E-state index contributed by atoms with van der Waals surface area (Å²) in [6, 6.07) is 8.17. The van der Waals surface area contributed by atoms with Gasteiger partial charge in [-0.2, -0.15) is 0 Å². The van der Waals surface area contributed by atoms with E-state index in [9.17, 15) is 14.7 Å². The molecule has 11 heteroatoms. The Morgan fingerprint density at radius 1 is 1.20 bits per heavy atom. The molecule has 3 amide bonds. The van der Waals surface area contributed by atoms with Gasteiger partial charge in [0.05, 0.1) is 63.8 Å². The number of anilines is 1. The number of fused-ring (bicyclic) bond motifs is 1. The number of aliphatic hydroxyl groups excluding tert-OH is 1. The molecule has 1 aromatic heterocycles. The number of carbonyl (C=O) groups is 2. The first-order valence-electron chi connectivity index (χ1n) is 11.7. The molecule has 35 heavy (non-hydrogen) atoms. The minimum absolute atomic E-state index is 0.100. The van der Waals surface area contributed by atoms with E-state index >= 15 is 0 Å². The van der Waals surface area contributed by atoms with Gasteiger partial charge in [-0.25, -0.2) is 14.8 Å². The Hall–Kier alpha value is -3.28. The van der Waals surface area contributed by atoms with Crippen molar-refractivity contribution in [2.24, 2.45) is 0 Å². The van der Waals surface area contributed by atoms with E-state index in [2.05, 4.69) is 20.6 Å². The summed E-state index contributed by atoms with van der Waals surface area (Å²) in [5, 5.41) is 16.1. The zero-order valence-electron chi connectivity index (χ0n) is 19.6. The predicted octanol–water partition coefficient (Wildman–Crippen LogP) is 1.33. The number of β-amino-alcohol motifs (C(OH)–C–C–N with tert-alkyl or cyclic N) is 1. The van der Waals surface area contributed by atoms with E-state index in [4.69, 9.17) is 14.2 Å². The Balaban J connectivity index is 1.35. The Morgan fingerprint density at radius 3 is 2.77 bits per heavy atom. The van der Waals surface area contributed by atoms with E-state index in [1.165, 1.54) is 6.33 Å². The maximum Gasteiger partial charge on any atom is 0.322 e. The van der Waals surface area contributed by atoms with Crippen molar-refractivity contribution in [2.45, 2.75) is 50.2 Å². The summed E-state index contributed by atoms with van der Waals surface area (Å²) < 4.78 is 17.0. The second kappa shape index (κ2) is 11.9. The van der Waals surface area contributed by atoms with Gasteiger partial charge in [0.15, 0.2) is 0 Å². The van der Waals surface area contributed by atoms with Crippen LogP contribution < -0.4 is 15.4 Å². The molecule has 2 saturated heterocycles. The normalized spacial score (nSPS) is 24.5. The molecule has 4 rings (SSSR count). The predicted molar refractivity (Wildman–Crippen MR) is 126 cm³/mol. The second-order valence-corrected chi connectivity index (χ2v) is 8.63. The first kappa shape index (κ1) is 24.8. The first-order valence-corrected chi connectivity index (χ1v) is 11.7. The number of nitrogens with zero attached hydrogens (tertiary/aromatic N) is 3. The summed E-state index contributed by atoms with van der Waals surface area (Å²) >= 11 is 0. The van der Waals surface area contributed by atoms with Crippen molar-refractivity contribution in [1.29, 1.82) is 0 Å². The van der Waals surface area contributed by atoms with Crippen LogP contribution in [0.25, 0.3) is 0 Å². The fourth-order valence-corrected chi connectivity index (χ4v) is 4.33. The third kappa shape index (κ3) is 6.87. The molecule has 4 atom stereocenters. The van der Waals surface area contributed by atoms with Crippen molar-refractivity contribution in [3.05, 3.63) is 48.5 Å². The number of urea groups is 1. The molecule has 188 valence electrons. The first-order chi connectivity index (χ1) is 17.0. The van der Waals surface area contributed by atoms with E-state index < -0.39 is 12.2 Å². The summed E-state index contributed by atoms with van der Waals surface area (Å²) in [6.07, 6.45) is 3.00. The third-order valence-electron chi connectivity index (χ3n) is 6.11. The number of amides is 3. The molecule has 0 bridgehead atoms. The number of carbonyl (C=O) groups excluding carboxylic acids is 2. The van der Waals surface area contributed by atoms with Crippen molar-refractivity contribution in [3.63, 3.8) is 0 Å². The molecule has 11 nitrogen and oxygen atoms in total. The van der Waals surface area contributed by atoms with Crippen LogP contribution in [0.3, 0.4) is 0 Å². The minimum atomic E-state index is -0.803. The number of hydrogen-bond acceptors (Lipinski definition) is 8. The Kier molecular flexibility index (Phi) is 8.45. The molecular weight excluding hydrogens is 454 g/mol. The van der Waals surface area contributed by atoms with Crippen molar-refractivity contribution in [1.82, 2.24) is 20.2 Å². The minimum Gasteiger partial charge on any atom is -0.497 e. The quantitative estimate of drug-likeness (QED) is 0.558. The maximum absolute atomic E-state index is 13.2. The van der Waals surface area contributed by atoms with Crippen molar-refractivity contribution >= 4 is 17.6 Å². The van der Waals surface area contributed by atoms with E-state index in [1.807, 2.05) is 0 Å². The number of aromatic nitrogens is 2. The standard InChI is InChI=1S/C24H31N5O6/c1-33-19-4-2-16(3-5-19)28-24(32)29-12-18(30)13-34-14-22-21(29)7-6-20(35-22)10-23(31)26-11-17-8-9-25-15-27-17/h2-5,8-9,15,18,20-22,30H,6-7,10-14H2,1H3,(H,26,31)(H,28,32)/t18-,20+,21+,22-/m0/s1. The highest BCUT2D eigenvalue weighted by Gasteiger charge is 2.40. The molecule has 0 radical (unpaired) electrons. The molecule has 1 aromatic carbocycles. The van der Waals surface area contributed by atoms with Gasteiger partial charge in [0.2, 0.25) is 5.91 Å². The lowest BCUT2D eigenvalue weighted by molar-refractivity contribution is -0.149. The Morgan fingerprint density at radius 2 is 2.03 bits per heavy atom. The molecule has 3 N–H and O–H groups in total. The summed E-state index contributed by atoms with van der Waals surface area (Å²) in [6.45, 7) is 0.771. The van der Waals surface area contributed by atoms with Crippen LogP contribution in [0.4, 0.5) is 10.5 Å². The van der Waals surface area contributed by atoms with Crippen LogP contribution in [0, 0.1) is 0 Å². The summed E-state index contributed by atoms with van der Waals surface area (Å²) in [5.41, 5.74) is 1.35. The second-order valence-electron chi connectivity index (χ2n) is 8.63. The Bertz CT molecular complexity index is 976. The maximum atomic E-state index is 13.2. The highest BCUT2D eigenvalue weighted by atomic mass is 16.5. The topological polar surface area (TPSA) is 135 Å². The van der Waals surface area contributed by atoms with Gasteiger partial charge in [-0.1, -0.05) is 0 Å². The number of benzene rings is 1. The number of rotatable bonds is 6. The van der Waals surface area contributed by atoms with Crippen LogP contribution in [0.15, 0.2) is 42.9 Å². The van der Waals surface area contributed by atoms with Gasteiger partial charge >= 0.3 is 6.03 Å². The Labute approximate surface area is 203 Å². The van der Waals surface area contributed by atoms with Gasteiger partial charge < -0.3 is 34.9 Å². The third-order valence-corrected chi connectivity index (χ3v) is 6.11. The number of aliphatic hydroxyl groups is 1. The lowest BCUT2D eigenvalue weighted by Crippen LogP contribution is -2.58. The van der Waals surface area contributed by atoms with Crippen LogP contribution in [0.5, 0.6) is 5.75 Å². The van der Waals surface area contributed by atoms with Gasteiger partial charge in [0.1, 0.15) is 18.2 Å². The largest absolute Gasteiger partial charge is 0.497 e. The van der Waals surface area contributed by atoms with Crippen LogP contribution in [-0.4, -0.2) is 83.1 Å². The lowest BCUT2D eigenvalue weighted by Gasteiger charge is -2.44. The zero-order valence-corrected chi connectivity index (χ0v) is 19.6. The van der Waals surface area contributed by atoms with Crippen molar-refractivity contribution in [3.8, 4) is 5.75 Å². The number of ether oxygens (including phenoxy) is 3. The summed E-state index contributed by atoms with van der Waals surface area (Å²) in [4.78, 5) is 35.2. The molecule has 0 unspecified atom stereocenters. The summed E-state index contributed by atoms with van der Waals surface area (Å²) in [5.74, 6) is 0.554. The van der Waals surface area contributed by atoms with Crippen LogP contribution >= 0.6 is 0 Å². The van der Waals surface area contributed by atoms with Gasteiger partial charge in [-0.15, -0.1) is 0 Å². The number of nitrogens with one attached hydrogen (secondary N) is 2. The van der Waals surface area contributed by atoms with Crippen molar-refractivity contribution in [2.75, 3.05) is 32.2 Å². The fraction of sp³-hybridized carbons (Fsp3) is 0.500. The highest BCUT2D eigenvalue weighted by molar-refractivity contribution is 5.89. The SMILES string of the molecule is COc1ccc(NC(=O)N2C[C@H](O)COC[C@@H]3O[C@@H](CC(=O)NCc4ccncn4)CC[C@H]32)cc1. The van der Waals surface area contributed by atoms with Gasteiger partial charge in [0.25, 0.3) is 0 Å². The van der Waals surface area contributed by atoms with Crippen LogP contribution in [0.1, 0.15) is 25.0 Å². The van der Waals surface area contributed by atoms with Gasteiger partial charge in [0, 0.05) is 11.9 Å². The van der Waals surface area contributed by atoms with Gasteiger partial charge in [-0.3, -0.25) is 4.79 Å². The molecule has 0 spiro atoms. The zero-order chi connectivity index (χ0) is 24.6. The summed E-state index contributed by atoms with van der Waals surface area (Å²) in [7, 11) is 1.58. The van der Waals surface area contributed by atoms with Crippen LogP contribution in [0.2, 0.25) is 0 Å². The van der Waals surface area contributed by atoms with Crippen molar-refractivity contribution < 1.29 is 28.9 Å². The van der Waals surface area contributed by atoms with Crippen LogP contribution in [-0.2, 0) is 20.8 Å². The number of methoxy groups -OCH3 is 1. The molecule has 0 saturated carbocycles. The van der Waals surface area contributed by atoms with E-state index in [0.29, 0.717) is 30.8 Å². The molecule has 2 aliphatic heterocycles. The molecule has 2 fully saturated rings. The van der Waals surface area contributed by atoms with E-state index in [0.717, 1.165) is 5.69 Å². The van der Waals surface area contributed by atoms with E-state index in [-0.39, 0.29) is 50.3 Å². The average Bonchev–Trinajstić information content (AvgIpc) is 2.86. The smallest absolute Gasteiger partial charge is 0.322 e.